The van der Waals surface area contributed by atoms with Crippen LogP contribution < -0.4 is 0 Å². The van der Waals surface area contributed by atoms with Crippen LogP contribution in [0.25, 0.3) is 0 Å². The number of carboxylic acid groups (broad SMARTS) is 1. The molecule has 1 aromatic rings. The number of aromatic nitrogens is 2. The fourth-order valence-corrected chi connectivity index (χ4v) is 3.11. The second-order valence-corrected chi connectivity index (χ2v) is 12.3. The van der Waals surface area contributed by atoms with E-state index in [2.05, 4.69) is 24.7 Å². The molecule has 19 heavy (non-hydrogen) atoms. The number of rotatable bonds is 7. The molecule has 0 radical (unpaired) electrons. The number of halogens is 1. The summed E-state index contributed by atoms with van der Waals surface area (Å²) in [5.41, 5.74) is 0.919. The first-order chi connectivity index (χ1) is 8.76. The molecule has 0 atom stereocenters. The quantitative estimate of drug-likeness (QED) is 0.437. The Morgan fingerprint density at radius 2 is 2.11 bits per heavy atom. The molecule has 1 aromatic heterocycles. The first-order valence-corrected chi connectivity index (χ1v) is 11.1. The molecule has 1 N–H and O–H groups in total. The predicted molar refractivity (Wildman–Crippen MR) is 85.4 cm³/mol. The average Bonchev–Trinajstić information content (AvgIpc) is 2.60. The highest BCUT2D eigenvalue weighted by atomic mass is 127. The Kier molecular flexibility index (Phi) is 6.00. The van der Waals surface area contributed by atoms with Crippen LogP contribution in [0.3, 0.4) is 0 Å². The van der Waals surface area contributed by atoms with E-state index in [4.69, 9.17) is 4.74 Å². The number of nitrogens with zero attached hydrogens (tertiary/aromatic N) is 2. The Labute approximate surface area is 128 Å². The van der Waals surface area contributed by atoms with Gasteiger partial charge in [-0.2, -0.15) is 5.10 Å². The van der Waals surface area contributed by atoms with Crippen molar-refractivity contribution in [2.45, 2.75) is 45.8 Å². The van der Waals surface area contributed by atoms with Gasteiger partial charge in [-0.15, -0.1) is 0 Å². The number of aromatic carboxylic acids is 1. The van der Waals surface area contributed by atoms with Gasteiger partial charge in [-0.3, -0.25) is 0 Å². The van der Waals surface area contributed by atoms with Crippen LogP contribution in [0.5, 0.6) is 0 Å². The van der Waals surface area contributed by atoms with Crippen molar-refractivity contribution in [2.24, 2.45) is 0 Å². The van der Waals surface area contributed by atoms with Gasteiger partial charge in [0.15, 0.2) is 0 Å². The number of aryl methyl sites for hydroxylation is 1. The summed E-state index contributed by atoms with van der Waals surface area (Å²) in [5.74, 6) is -0.922. The third kappa shape index (κ3) is 4.88. The summed E-state index contributed by atoms with van der Waals surface area (Å²) in [6, 6.07) is 1.09. The van der Waals surface area contributed by atoms with Gasteiger partial charge in [0.05, 0.1) is 5.69 Å². The highest BCUT2D eigenvalue weighted by Gasteiger charge is 2.20. The largest absolute Gasteiger partial charge is 0.478 e. The van der Waals surface area contributed by atoms with E-state index in [1.165, 1.54) is 0 Å². The van der Waals surface area contributed by atoms with Gasteiger partial charge in [0, 0.05) is 14.7 Å². The standard InChI is InChI=1S/C12H21IN2O3Si/c1-5-9-10(12(16)17)11(13)15(14-9)8-18-6-7-19(2,3)4/h5-8H2,1-4H3,(H,16,17). The minimum Gasteiger partial charge on any atom is -0.478 e. The number of carbonyl (C=O) groups is 1. The molecule has 1 heterocycles. The van der Waals surface area contributed by atoms with E-state index < -0.39 is 14.0 Å². The summed E-state index contributed by atoms with van der Waals surface area (Å²) in [6.07, 6.45) is 0.611. The lowest BCUT2D eigenvalue weighted by atomic mass is 10.2. The lowest BCUT2D eigenvalue weighted by molar-refractivity contribution is 0.0688. The Balaban J connectivity index is 2.67. The molecule has 0 aliphatic heterocycles. The fraction of sp³-hybridized carbons (Fsp3) is 0.667. The van der Waals surface area contributed by atoms with E-state index in [9.17, 15) is 9.90 Å². The minimum atomic E-state index is -1.09. The molecule has 0 aromatic carbocycles. The molecule has 1 rings (SSSR count). The summed E-state index contributed by atoms with van der Waals surface area (Å²) < 4.78 is 7.87. The number of hydrogen-bond donors (Lipinski definition) is 1. The van der Waals surface area contributed by atoms with E-state index in [0.29, 0.717) is 34.7 Å². The van der Waals surface area contributed by atoms with Gasteiger partial charge in [-0.1, -0.05) is 26.6 Å². The molecule has 0 amide bonds. The molecule has 0 saturated heterocycles. The summed E-state index contributed by atoms with van der Waals surface area (Å²) in [4.78, 5) is 11.2. The van der Waals surface area contributed by atoms with Gasteiger partial charge in [0.2, 0.25) is 0 Å². The van der Waals surface area contributed by atoms with Gasteiger partial charge in [0.25, 0.3) is 0 Å². The van der Waals surface area contributed by atoms with Crippen molar-refractivity contribution in [1.29, 1.82) is 0 Å². The minimum absolute atomic E-state index is 0.303. The highest BCUT2D eigenvalue weighted by Crippen LogP contribution is 2.18. The Hall–Kier alpha value is -0.413. The fourth-order valence-electron chi connectivity index (χ4n) is 1.56. The molecular weight excluding hydrogens is 375 g/mol. The third-order valence-corrected chi connectivity index (χ3v) is 5.52. The summed E-state index contributed by atoms with van der Waals surface area (Å²) in [6.45, 7) is 9.82. The van der Waals surface area contributed by atoms with Crippen LogP contribution >= 0.6 is 22.6 Å². The van der Waals surface area contributed by atoms with Crippen molar-refractivity contribution in [1.82, 2.24) is 9.78 Å². The van der Waals surface area contributed by atoms with Crippen LogP contribution in [0, 0.1) is 3.70 Å². The molecule has 0 unspecified atom stereocenters. The molecule has 0 aliphatic rings. The van der Waals surface area contributed by atoms with E-state index in [1.807, 2.05) is 29.5 Å². The Bertz CT molecular complexity index is 455. The van der Waals surface area contributed by atoms with Crippen LogP contribution in [-0.4, -0.2) is 35.5 Å². The molecular formula is C12H21IN2O3Si. The van der Waals surface area contributed by atoms with Crippen LogP contribution in [0.1, 0.15) is 23.0 Å². The smallest absolute Gasteiger partial charge is 0.340 e. The van der Waals surface area contributed by atoms with E-state index in [-0.39, 0.29) is 0 Å². The lowest BCUT2D eigenvalue weighted by Gasteiger charge is -2.15. The van der Waals surface area contributed by atoms with Gasteiger partial charge in [-0.05, 0) is 35.1 Å². The first-order valence-electron chi connectivity index (χ1n) is 6.32. The van der Waals surface area contributed by atoms with Crippen molar-refractivity contribution in [2.75, 3.05) is 6.61 Å². The van der Waals surface area contributed by atoms with E-state index >= 15 is 0 Å². The van der Waals surface area contributed by atoms with Crippen molar-refractivity contribution < 1.29 is 14.6 Å². The van der Waals surface area contributed by atoms with Gasteiger partial charge in [-0.25, -0.2) is 9.48 Å². The van der Waals surface area contributed by atoms with Crippen LogP contribution in [0.2, 0.25) is 25.7 Å². The summed E-state index contributed by atoms with van der Waals surface area (Å²) in [5, 5.41) is 13.5. The number of ether oxygens (including phenoxy) is 1. The number of carboxylic acids is 1. The topological polar surface area (TPSA) is 64.4 Å². The molecule has 0 fully saturated rings. The molecule has 0 saturated carbocycles. The molecule has 7 heteroatoms. The maximum absolute atomic E-state index is 11.2. The van der Waals surface area contributed by atoms with Crippen LogP contribution in [0.4, 0.5) is 0 Å². The van der Waals surface area contributed by atoms with Gasteiger partial charge < -0.3 is 9.84 Å². The molecule has 0 bridgehead atoms. The third-order valence-electron chi connectivity index (χ3n) is 2.72. The lowest BCUT2D eigenvalue weighted by Crippen LogP contribution is -2.22. The monoisotopic (exact) mass is 396 g/mol. The van der Waals surface area contributed by atoms with Crippen LogP contribution in [-0.2, 0) is 17.9 Å². The Morgan fingerprint density at radius 3 is 2.53 bits per heavy atom. The molecule has 0 aliphatic carbocycles. The van der Waals surface area contributed by atoms with E-state index in [0.717, 1.165) is 6.04 Å². The summed E-state index contributed by atoms with van der Waals surface area (Å²) >= 11 is 2.02. The normalized spacial score (nSPS) is 11.8. The zero-order chi connectivity index (χ0) is 14.6. The highest BCUT2D eigenvalue weighted by molar-refractivity contribution is 14.1. The second-order valence-electron chi connectivity index (χ2n) is 5.62. The van der Waals surface area contributed by atoms with E-state index in [1.54, 1.807) is 4.68 Å². The molecule has 108 valence electrons. The van der Waals surface area contributed by atoms with Gasteiger partial charge >= 0.3 is 5.97 Å². The maximum atomic E-state index is 11.2. The van der Waals surface area contributed by atoms with Crippen molar-refractivity contribution in [3.8, 4) is 0 Å². The second kappa shape index (κ2) is 6.85. The van der Waals surface area contributed by atoms with Crippen molar-refractivity contribution in [3.05, 3.63) is 15.0 Å². The van der Waals surface area contributed by atoms with Crippen molar-refractivity contribution >= 4 is 36.6 Å². The maximum Gasteiger partial charge on any atom is 0.340 e. The SMILES string of the molecule is CCc1nn(COCC[Si](C)(C)C)c(I)c1C(=O)O. The molecule has 0 spiro atoms. The van der Waals surface area contributed by atoms with Gasteiger partial charge in [0.1, 0.15) is 16.0 Å². The number of hydrogen-bond acceptors (Lipinski definition) is 3. The zero-order valence-electron chi connectivity index (χ0n) is 11.9. The van der Waals surface area contributed by atoms with Crippen LogP contribution in [0.15, 0.2) is 0 Å². The predicted octanol–water partition coefficient (Wildman–Crippen LogP) is 3.06. The first kappa shape index (κ1) is 16.6. The summed E-state index contributed by atoms with van der Waals surface area (Å²) in [7, 11) is -1.09. The zero-order valence-corrected chi connectivity index (χ0v) is 15.0. The van der Waals surface area contributed by atoms with Crippen molar-refractivity contribution in [3.63, 3.8) is 0 Å². The Morgan fingerprint density at radius 1 is 1.47 bits per heavy atom. The molecule has 5 nitrogen and oxygen atoms in total. The average molecular weight is 396 g/mol.